The minimum absolute atomic E-state index is 0.208. The lowest BCUT2D eigenvalue weighted by Gasteiger charge is -2.11. The molecule has 1 aromatic rings. The van der Waals surface area contributed by atoms with Gasteiger partial charge in [-0.3, -0.25) is 4.79 Å². The Hall–Kier alpha value is -0.580. The van der Waals surface area contributed by atoms with Gasteiger partial charge in [-0.25, -0.2) is 0 Å². The maximum Gasteiger partial charge on any atom is 0.241 e. The Morgan fingerprint density at radius 1 is 1.67 bits per heavy atom. The van der Waals surface area contributed by atoms with Crippen LogP contribution in [-0.4, -0.2) is 11.9 Å². The molecule has 82 valence electrons. The van der Waals surface area contributed by atoms with Gasteiger partial charge in [0.15, 0.2) is 0 Å². The Labute approximate surface area is 102 Å². The molecule has 1 unspecified atom stereocenters. The smallest absolute Gasteiger partial charge is 0.241 e. The highest BCUT2D eigenvalue weighted by Gasteiger charge is 2.12. The number of carbonyl (C=O) groups is 1. The van der Waals surface area contributed by atoms with E-state index in [9.17, 15) is 4.79 Å². The van der Waals surface area contributed by atoms with Crippen molar-refractivity contribution in [2.24, 2.45) is 5.73 Å². The average molecular weight is 292 g/mol. The summed E-state index contributed by atoms with van der Waals surface area (Å²) >= 11 is 9.13. The second-order valence-electron chi connectivity index (χ2n) is 3.13. The zero-order chi connectivity index (χ0) is 11.4. The molecule has 1 rings (SSSR count). The zero-order valence-electron chi connectivity index (χ0n) is 8.26. The second-order valence-corrected chi connectivity index (χ2v) is 4.42. The van der Waals surface area contributed by atoms with E-state index in [2.05, 4.69) is 21.2 Å². The molecule has 0 aliphatic carbocycles. The summed E-state index contributed by atoms with van der Waals surface area (Å²) in [5.41, 5.74) is 6.23. The van der Waals surface area contributed by atoms with E-state index in [1.807, 2.05) is 6.92 Å². The number of hydrogen-bond acceptors (Lipinski definition) is 2. The zero-order valence-corrected chi connectivity index (χ0v) is 10.6. The van der Waals surface area contributed by atoms with Crippen molar-refractivity contribution in [1.29, 1.82) is 0 Å². The first kappa shape index (κ1) is 12.5. The monoisotopic (exact) mass is 290 g/mol. The first-order chi connectivity index (χ1) is 7.04. The number of rotatable bonds is 3. The van der Waals surface area contributed by atoms with E-state index >= 15 is 0 Å². The summed E-state index contributed by atoms with van der Waals surface area (Å²) in [6.45, 7) is 1.86. The van der Waals surface area contributed by atoms with Crippen LogP contribution in [0, 0.1) is 0 Å². The molecule has 1 aromatic carbocycles. The van der Waals surface area contributed by atoms with Crippen LogP contribution < -0.4 is 11.1 Å². The van der Waals surface area contributed by atoms with Crippen molar-refractivity contribution in [3.63, 3.8) is 0 Å². The summed E-state index contributed by atoms with van der Waals surface area (Å²) in [6, 6.07) is 4.69. The van der Waals surface area contributed by atoms with Gasteiger partial charge in [-0.2, -0.15) is 0 Å². The number of halogens is 2. The van der Waals surface area contributed by atoms with Gasteiger partial charge in [-0.15, -0.1) is 0 Å². The van der Waals surface area contributed by atoms with Crippen molar-refractivity contribution >= 4 is 39.1 Å². The van der Waals surface area contributed by atoms with Crippen molar-refractivity contribution < 1.29 is 4.79 Å². The van der Waals surface area contributed by atoms with Crippen LogP contribution in [0.5, 0.6) is 0 Å². The Morgan fingerprint density at radius 3 is 2.93 bits per heavy atom. The molecule has 0 aliphatic rings. The van der Waals surface area contributed by atoms with E-state index in [0.717, 1.165) is 4.47 Å². The second kappa shape index (κ2) is 5.49. The molecule has 0 spiro atoms. The SMILES string of the molecule is CCC(N)C(=O)Nc1cc(Cl)ccc1Br. The van der Waals surface area contributed by atoms with Crippen LogP contribution in [-0.2, 0) is 4.79 Å². The molecular weight excluding hydrogens is 279 g/mol. The molecule has 15 heavy (non-hydrogen) atoms. The molecule has 0 heterocycles. The Morgan fingerprint density at radius 2 is 2.33 bits per heavy atom. The third-order valence-corrected chi connectivity index (χ3v) is 2.89. The number of carbonyl (C=O) groups excluding carboxylic acids is 1. The molecule has 3 N–H and O–H groups in total. The maximum atomic E-state index is 11.5. The molecule has 0 aromatic heterocycles. The predicted molar refractivity (Wildman–Crippen MR) is 66.0 cm³/mol. The molecule has 1 amide bonds. The summed E-state index contributed by atoms with van der Waals surface area (Å²) in [6.07, 6.45) is 0.601. The van der Waals surface area contributed by atoms with Crippen molar-refractivity contribution in [2.75, 3.05) is 5.32 Å². The van der Waals surface area contributed by atoms with Gasteiger partial charge >= 0.3 is 0 Å². The van der Waals surface area contributed by atoms with Gasteiger partial charge in [-0.1, -0.05) is 18.5 Å². The number of benzene rings is 1. The number of nitrogens with two attached hydrogens (primary N) is 1. The van der Waals surface area contributed by atoms with Gasteiger partial charge in [-0.05, 0) is 40.5 Å². The van der Waals surface area contributed by atoms with E-state index in [1.165, 1.54) is 0 Å². The highest BCUT2D eigenvalue weighted by Crippen LogP contribution is 2.25. The standard InChI is InChI=1S/C10H12BrClN2O/c1-2-8(13)10(15)14-9-5-6(12)3-4-7(9)11/h3-5,8H,2,13H2,1H3,(H,14,15). The highest BCUT2D eigenvalue weighted by atomic mass is 79.9. The van der Waals surface area contributed by atoms with Crippen LogP contribution in [0.1, 0.15) is 13.3 Å². The first-order valence-electron chi connectivity index (χ1n) is 4.56. The van der Waals surface area contributed by atoms with Crippen LogP contribution in [0.25, 0.3) is 0 Å². The number of hydrogen-bond donors (Lipinski definition) is 2. The van der Waals surface area contributed by atoms with Gasteiger partial charge in [0.25, 0.3) is 0 Å². The van der Waals surface area contributed by atoms with E-state index in [4.69, 9.17) is 17.3 Å². The quantitative estimate of drug-likeness (QED) is 0.900. The highest BCUT2D eigenvalue weighted by molar-refractivity contribution is 9.10. The molecule has 1 atom stereocenters. The summed E-state index contributed by atoms with van der Waals surface area (Å²) in [4.78, 5) is 11.5. The molecule has 0 radical (unpaired) electrons. The van der Waals surface area contributed by atoms with Gasteiger partial charge in [0.2, 0.25) is 5.91 Å². The third kappa shape index (κ3) is 3.48. The van der Waals surface area contributed by atoms with E-state index in [1.54, 1.807) is 18.2 Å². The lowest BCUT2D eigenvalue weighted by atomic mass is 10.2. The van der Waals surface area contributed by atoms with Crippen LogP contribution in [0.3, 0.4) is 0 Å². The Kier molecular flexibility index (Phi) is 4.57. The fourth-order valence-electron chi connectivity index (χ4n) is 1.00. The summed E-state index contributed by atoms with van der Waals surface area (Å²) < 4.78 is 0.781. The minimum atomic E-state index is -0.490. The van der Waals surface area contributed by atoms with Gasteiger partial charge in [0, 0.05) is 9.50 Å². The molecule has 0 bridgehead atoms. The molecule has 0 saturated heterocycles. The topological polar surface area (TPSA) is 55.1 Å². The molecular formula is C10H12BrClN2O. The Balaban J connectivity index is 2.80. The average Bonchev–Trinajstić information content (AvgIpc) is 2.22. The lowest BCUT2D eigenvalue weighted by Crippen LogP contribution is -2.34. The molecule has 0 fully saturated rings. The lowest BCUT2D eigenvalue weighted by molar-refractivity contribution is -0.117. The summed E-state index contributed by atoms with van der Waals surface area (Å²) in [5, 5.41) is 3.27. The van der Waals surface area contributed by atoms with Crippen molar-refractivity contribution in [2.45, 2.75) is 19.4 Å². The summed E-state index contributed by atoms with van der Waals surface area (Å²) in [7, 11) is 0. The third-order valence-electron chi connectivity index (χ3n) is 1.96. The molecule has 0 aliphatic heterocycles. The fourth-order valence-corrected chi connectivity index (χ4v) is 1.52. The Bertz CT molecular complexity index is 370. The number of amides is 1. The minimum Gasteiger partial charge on any atom is -0.324 e. The van der Waals surface area contributed by atoms with Gasteiger partial charge in [0.1, 0.15) is 0 Å². The van der Waals surface area contributed by atoms with E-state index in [0.29, 0.717) is 17.1 Å². The van der Waals surface area contributed by atoms with Crippen LogP contribution >= 0.6 is 27.5 Å². The van der Waals surface area contributed by atoms with E-state index in [-0.39, 0.29) is 5.91 Å². The van der Waals surface area contributed by atoms with Crippen LogP contribution in [0.2, 0.25) is 5.02 Å². The van der Waals surface area contributed by atoms with Crippen molar-refractivity contribution in [3.05, 3.63) is 27.7 Å². The summed E-state index contributed by atoms with van der Waals surface area (Å²) in [5.74, 6) is -0.208. The first-order valence-corrected chi connectivity index (χ1v) is 5.73. The van der Waals surface area contributed by atoms with Crippen molar-refractivity contribution in [1.82, 2.24) is 0 Å². The number of nitrogens with one attached hydrogen (secondary N) is 1. The van der Waals surface area contributed by atoms with Crippen molar-refractivity contribution in [3.8, 4) is 0 Å². The van der Waals surface area contributed by atoms with Gasteiger partial charge in [0.05, 0.1) is 11.7 Å². The van der Waals surface area contributed by atoms with Crippen LogP contribution in [0.15, 0.2) is 22.7 Å². The van der Waals surface area contributed by atoms with Crippen LogP contribution in [0.4, 0.5) is 5.69 Å². The normalized spacial score (nSPS) is 12.3. The predicted octanol–water partition coefficient (Wildman–Crippen LogP) is 2.78. The molecule has 5 heteroatoms. The molecule has 0 saturated carbocycles. The van der Waals surface area contributed by atoms with E-state index < -0.39 is 6.04 Å². The maximum absolute atomic E-state index is 11.5. The molecule has 3 nitrogen and oxygen atoms in total. The number of anilines is 1. The fraction of sp³-hybridized carbons (Fsp3) is 0.300. The largest absolute Gasteiger partial charge is 0.324 e. The van der Waals surface area contributed by atoms with Gasteiger partial charge < -0.3 is 11.1 Å².